The Morgan fingerprint density at radius 2 is 1.95 bits per heavy atom. The molecule has 0 spiro atoms. The number of H-pyrrole nitrogens is 1. The van der Waals surface area contributed by atoms with E-state index in [4.69, 9.17) is 0 Å². The third-order valence-corrected chi connectivity index (χ3v) is 3.87. The first-order chi connectivity index (χ1) is 9.67. The highest BCUT2D eigenvalue weighted by atomic mass is 16.2. The lowest BCUT2D eigenvalue weighted by atomic mass is 9.99. The summed E-state index contributed by atoms with van der Waals surface area (Å²) in [7, 11) is 0. The van der Waals surface area contributed by atoms with Gasteiger partial charge in [0, 0.05) is 6.54 Å². The van der Waals surface area contributed by atoms with Gasteiger partial charge in [-0.05, 0) is 24.5 Å². The maximum absolute atomic E-state index is 12.4. The van der Waals surface area contributed by atoms with E-state index in [0.717, 1.165) is 25.7 Å². The Bertz CT molecular complexity index is 685. The van der Waals surface area contributed by atoms with Gasteiger partial charge in [0.2, 0.25) is 0 Å². The topological polar surface area (TPSA) is 54.9 Å². The van der Waals surface area contributed by atoms with Crippen LogP contribution in [0, 0.1) is 5.92 Å². The van der Waals surface area contributed by atoms with Gasteiger partial charge in [0.25, 0.3) is 5.56 Å². The molecule has 0 aliphatic heterocycles. The molecule has 4 heteroatoms. The fourth-order valence-corrected chi connectivity index (χ4v) is 2.54. The predicted molar refractivity (Wildman–Crippen MR) is 82.1 cm³/mol. The van der Waals surface area contributed by atoms with E-state index in [1.54, 1.807) is 12.1 Å². The molecule has 0 saturated heterocycles. The van der Waals surface area contributed by atoms with Crippen molar-refractivity contribution in [2.45, 2.75) is 46.1 Å². The molecule has 0 saturated carbocycles. The van der Waals surface area contributed by atoms with Gasteiger partial charge in [-0.2, -0.15) is 0 Å². The second-order valence-electron chi connectivity index (χ2n) is 5.31. The Balaban J connectivity index is 2.39. The summed E-state index contributed by atoms with van der Waals surface area (Å²) in [5.41, 5.74) is 0.128. The number of hydrogen-bond donors (Lipinski definition) is 1. The molecule has 2 rings (SSSR count). The van der Waals surface area contributed by atoms with Crippen LogP contribution in [-0.2, 0) is 6.54 Å². The number of unbranched alkanes of at least 4 members (excludes halogenated alkanes) is 1. The van der Waals surface area contributed by atoms with Crippen LogP contribution in [0.4, 0.5) is 0 Å². The number of fused-ring (bicyclic) bond motifs is 1. The van der Waals surface area contributed by atoms with Crippen LogP contribution >= 0.6 is 0 Å². The second kappa shape index (κ2) is 6.55. The molecule has 0 amide bonds. The molecular formula is C16H22N2O2. The molecule has 1 aromatic heterocycles. The Morgan fingerprint density at radius 1 is 1.20 bits per heavy atom. The van der Waals surface area contributed by atoms with E-state index in [2.05, 4.69) is 18.8 Å². The number of hydrogen-bond acceptors (Lipinski definition) is 2. The van der Waals surface area contributed by atoms with Crippen molar-refractivity contribution in [2.24, 2.45) is 5.92 Å². The average Bonchev–Trinajstić information content (AvgIpc) is 2.46. The van der Waals surface area contributed by atoms with Gasteiger partial charge >= 0.3 is 5.69 Å². The van der Waals surface area contributed by atoms with E-state index in [1.165, 1.54) is 4.57 Å². The first-order valence-electron chi connectivity index (χ1n) is 7.39. The number of nitrogens with one attached hydrogen (secondary N) is 1. The molecule has 4 nitrogen and oxygen atoms in total. The first kappa shape index (κ1) is 14.6. The van der Waals surface area contributed by atoms with Gasteiger partial charge in [-0.25, -0.2) is 4.79 Å². The molecule has 0 bridgehead atoms. The molecule has 108 valence electrons. The quantitative estimate of drug-likeness (QED) is 0.880. The summed E-state index contributed by atoms with van der Waals surface area (Å²) in [5, 5.41) is 0.581. The second-order valence-corrected chi connectivity index (χ2v) is 5.31. The van der Waals surface area contributed by atoms with Crippen molar-refractivity contribution < 1.29 is 0 Å². The molecule has 0 radical (unpaired) electrons. The third kappa shape index (κ3) is 3.00. The third-order valence-electron chi connectivity index (χ3n) is 3.87. The Morgan fingerprint density at radius 3 is 2.65 bits per heavy atom. The molecule has 0 aliphatic carbocycles. The van der Waals surface area contributed by atoms with Gasteiger partial charge in [-0.3, -0.25) is 9.36 Å². The summed E-state index contributed by atoms with van der Waals surface area (Å²) < 4.78 is 1.35. The van der Waals surface area contributed by atoms with Crippen LogP contribution in [0.25, 0.3) is 10.9 Å². The van der Waals surface area contributed by atoms with Crippen molar-refractivity contribution in [3.8, 4) is 0 Å². The van der Waals surface area contributed by atoms with Gasteiger partial charge in [-0.1, -0.05) is 45.2 Å². The molecule has 0 fully saturated rings. The smallest absolute Gasteiger partial charge is 0.307 e. The van der Waals surface area contributed by atoms with Crippen molar-refractivity contribution in [2.75, 3.05) is 0 Å². The maximum Gasteiger partial charge on any atom is 0.328 e. The van der Waals surface area contributed by atoms with E-state index in [-0.39, 0.29) is 11.2 Å². The van der Waals surface area contributed by atoms with Gasteiger partial charge in [0.05, 0.1) is 10.9 Å². The zero-order chi connectivity index (χ0) is 14.5. The van der Waals surface area contributed by atoms with Gasteiger partial charge < -0.3 is 4.98 Å². The largest absolute Gasteiger partial charge is 0.328 e. The highest BCUT2D eigenvalue weighted by molar-refractivity contribution is 5.76. The standard InChI is InChI=1S/C16H22N2O2/c1-3-5-8-12(4-2)11-18-15(19)13-9-6-7-10-14(13)17-16(18)20/h6-7,9-10,12H,3-5,8,11H2,1-2H3,(H,17,20). The molecule has 2 aromatic rings. The van der Waals surface area contributed by atoms with Crippen LogP contribution in [0.3, 0.4) is 0 Å². The number of para-hydroxylation sites is 1. The molecule has 1 heterocycles. The minimum atomic E-state index is -0.302. The lowest BCUT2D eigenvalue weighted by molar-refractivity contribution is 0.379. The predicted octanol–water partition coefficient (Wildman–Crippen LogP) is 2.91. The number of nitrogens with zero attached hydrogens (tertiary/aromatic N) is 1. The fourth-order valence-electron chi connectivity index (χ4n) is 2.54. The van der Waals surface area contributed by atoms with Gasteiger partial charge in [-0.15, -0.1) is 0 Å². The zero-order valence-electron chi connectivity index (χ0n) is 12.2. The van der Waals surface area contributed by atoms with Crippen LogP contribution in [0.1, 0.15) is 39.5 Å². The van der Waals surface area contributed by atoms with Crippen molar-refractivity contribution in [3.05, 3.63) is 45.1 Å². The maximum atomic E-state index is 12.4. The molecule has 1 aromatic carbocycles. The van der Waals surface area contributed by atoms with E-state index < -0.39 is 0 Å². The van der Waals surface area contributed by atoms with E-state index in [9.17, 15) is 9.59 Å². The summed E-state index contributed by atoms with van der Waals surface area (Å²) in [6.07, 6.45) is 4.32. The molecular weight excluding hydrogens is 252 g/mol. The number of benzene rings is 1. The summed E-state index contributed by atoms with van der Waals surface area (Å²) in [6, 6.07) is 7.16. The zero-order valence-corrected chi connectivity index (χ0v) is 12.2. The lowest BCUT2D eigenvalue weighted by Crippen LogP contribution is -2.37. The minimum absolute atomic E-state index is 0.181. The SMILES string of the molecule is CCCCC(CC)Cn1c(=O)[nH]c2ccccc2c1=O. The fraction of sp³-hybridized carbons (Fsp3) is 0.500. The van der Waals surface area contributed by atoms with Crippen molar-refractivity contribution in [1.82, 2.24) is 9.55 Å². The minimum Gasteiger partial charge on any atom is -0.307 e. The van der Waals surface area contributed by atoms with Crippen LogP contribution in [0.5, 0.6) is 0 Å². The molecule has 1 unspecified atom stereocenters. The highest BCUT2D eigenvalue weighted by Crippen LogP contribution is 2.14. The summed E-state index contributed by atoms with van der Waals surface area (Å²) >= 11 is 0. The Kier molecular flexibility index (Phi) is 4.77. The normalized spacial score (nSPS) is 12.7. The Labute approximate surface area is 118 Å². The van der Waals surface area contributed by atoms with E-state index in [1.807, 2.05) is 12.1 Å². The van der Waals surface area contributed by atoms with Gasteiger partial charge in [0.1, 0.15) is 0 Å². The van der Waals surface area contributed by atoms with Crippen LogP contribution < -0.4 is 11.2 Å². The van der Waals surface area contributed by atoms with E-state index >= 15 is 0 Å². The molecule has 0 aliphatic rings. The van der Waals surface area contributed by atoms with Crippen LogP contribution in [0.15, 0.2) is 33.9 Å². The molecule has 1 N–H and O–H groups in total. The van der Waals surface area contributed by atoms with Gasteiger partial charge in [0.15, 0.2) is 0 Å². The number of aromatic amines is 1. The Hall–Kier alpha value is -1.84. The number of aromatic nitrogens is 2. The van der Waals surface area contributed by atoms with E-state index in [0.29, 0.717) is 23.4 Å². The van der Waals surface area contributed by atoms with Crippen LogP contribution in [-0.4, -0.2) is 9.55 Å². The summed E-state index contributed by atoms with van der Waals surface area (Å²) in [4.78, 5) is 27.3. The van der Waals surface area contributed by atoms with Crippen molar-refractivity contribution in [1.29, 1.82) is 0 Å². The number of rotatable bonds is 6. The highest BCUT2D eigenvalue weighted by Gasteiger charge is 2.12. The van der Waals surface area contributed by atoms with Crippen molar-refractivity contribution in [3.63, 3.8) is 0 Å². The van der Waals surface area contributed by atoms with Crippen molar-refractivity contribution >= 4 is 10.9 Å². The summed E-state index contributed by atoms with van der Waals surface area (Å²) in [6.45, 7) is 4.78. The van der Waals surface area contributed by atoms with Crippen LogP contribution in [0.2, 0.25) is 0 Å². The lowest BCUT2D eigenvalue weighted by Gasteiger charge is -2.15. The molecule has 20 heavy (non-hydrogen) atoms. The summed E-state index contributed by atoms with van der Waals surface area (Å²) in [5.74, 6) is 0.384. The monoisotopic (exact) mass is 274 g/mol. The first-order valence-corrected chi connectivity index (χ1v) is 7.39. The molecule has 1 atom stereocenters. The average molecular weight is 274 g/mol.